The number of unbranched alkanes of at least 4 members (excludes halogenated alkanes) is 4. The molecule has 0 unspecified atom stereocenters. The van der Waals surface area contributed by atoms with Gasteiger partial charge in [-0.05, 0) is 19.3 Å². The maximum absolute atomic E-state index is 10.1. The van der Waals surface area contributed by atoms with Crippen LogP contribution in [-0.4, -0.2) is 60.9 Å². The van der Waals surface area contributed by atoms with Crippen molar-refractivity contribution in [3.63, 3.8) is 0 Å². The number of carboxylic acid groups (broad SMARTS) is 2. The molecule has 120 valence electrons. The molecule has 2 N–H and O–H groups in total. The Hall–Kier alpha value is -1.14. The van der Waals surface area contributed by atoms with E-state index >= 15 is 0 Å². The number of nitrogens with zero attached hydrogens (tertiary/aromatic N) is 1. The number of carbonyl (C=O) groups excluding carboxylic acids is 1. The predicted octanol–water partition coefficient (Wildman–Crippen LogP) is 0.237. The minimum atomic E-state index is -1.01. The number of hydrogen-bond acceptors (Lipinski definition) is 4. The first kappa shape index (κ1) is 21.2. The standard InChI is InChI=1S/C9H16O4.C5H14NO/c10-8(11)6-4-2-1-3-5-7-9(12)13;1-6(2,3)4-5-7/h1-7H2,(H,10,11)(H,12,13);7H,4-5H2,1-3H3/q;+1/p-1. The molecule has 0 saturated carbocycles. The normalized spacial score (nSPS) is 10.6. The van der Waals surface area contributed by atoms with Crippen LogP contribution < -0.4 is 5.11 Å². The van der Waals surface area contributed by atoms with Crippen LogP contribution in [0, 0.1) is 0 Å². The highest BCUT2D eigenvalue weighted by atomic mass is 16.4. The van der Waals surface area contributed by atoms with Crippen molar-refractivity contribution in [3.05, 3.63) is 0 Å². The van der Waals surface area contributed by atoms with Crippen molar-refractivity contribution < 1.29 is 29.4 Å². The van der Waals surface area contributed by atoms with E-state index in [0.29, 0.717) is 12.8 Å². The van der Waals surface area contributed by atoms with Gasteiger partial charge in [-0.2, -0.15) is 0 Å². The molecular weight excluding hydrogens is 262 g/mol. The molecule has 0 aromatic carbocycles. The highest BCUT2D eigenvalue weighted by Gasteiger charge is 2.02. The van der Waals surface area contributed by atoms with Crippen LogP contribution in [0.25, 0.3) is 0 Å². The smallest absolute Gasteiger partial charge is 0.303 e. The highest BCUT2D eigenvalue weighted by molar-refractivity contribution is 5.66. The lowest BCUT2D eigenvalue weighted by atomic mass is 10.1. The molecule has 0 atom stereocenters. The molecule has 0 spiro atoms. The van der Waals surface area contributed by atoms with E-state index < -0.39 is 11.9 Å². The number of aliphatic hydroxyl groups excluding tert-OH is 1. The molecule has 6 nitrogen and oxygen atoms in total. The molecule has 0 fully saturated rings. The van der Waals surface area contributed by atoms with E-state index in [9.17, 15) is 14.7 Å². The largest absolute Gasteiger partial charge is 0.550 e. The second kappa shape index (κ2) is 12.9. The molecule has 0 saturated heterocycles. The van der Waals surface area contributed by atoms with Crippen LogP contribution in [0.4, 0.5) is 0 Å². The molecule has 0 bridgehead atoms. The number of carboxylic acids is 2. The van der Waals surface area contributed by atoms with Crippen molar-refractivity contribution in [2.24, 2.45) is 0 Å². The Morgan fingerprint density at radius 2 is 1.40 bits per heavy atom. The number of aliphatic carboxylic acids is 2. The van der Waals surface area contributed by atoms with Gasteiger partial charge in [-0.25, -0.2) is 0 Å². The summed E-state index contributed by atoms with van der Waals surface area (Å²) in [4.78, 5) is 20.1. The third-order valence-electron chi connectivity index (χ3n) is 2.54. The van der Waals surface area contributed by atoms with Crippen molar-refractivity contribution in [2.75, 3.05) is 34.3 Å². The first-order chi connectivity index (χ1) is 9.19. The van der Waals surface area contributed by atoms with Crippen LogP contribution in [0.15, 0.2) is 0 Å². The second-order valence-electron chi connectivity index (χ2n) is 5.77. The maximum atomic E-state index is 10.1. The first-order valence-corrected chi connectivity index (χ1v) is 7.02. The van der Waals surface area contributed by atoms with Crippen LogP contribution in [0.1, 0.15) is 44.9 Å². The van der Waals surface area contributed by atoms with E-state index in [1.165, 1.54) is 0 Å². The maximum Gasteiger partial charge on any atom is 0.303 e. The number of likely N-dealkylation sites (N-methyl/N-ethyl adjacent to an activating group) is 1. The lowest BCUT2D eigenvalue weighted by Crippen LogP contribution is -2.36. The Balaban J connectivity index is 0. The topological polar surface area (TPSA) is 97.7 Å². The molecule has 0 radical (unpaired) electrons. The zero-order valence-electron chi connectivity index (χ0n) is 12.9. The fourth-order valence-corrected chi connectivity index (χ4v) is 1.38. The van der Waals surface area contributed by atoms with Crippen LogP contribution in [0.3, 0.4) is 0 Å². The van der Waals surface area contributed by atoms with Gasteiger partial charge in [0, 0.05) is 12.4 Å². The van der Waals surface area contributed by atoms with E-state index in [4.69, 9.17) is 10.2 Å². The summed E-state index contributed by atoms with van der Waals surface area (Å²) in [6.45, 7) is 1.11. The minimum absolute atomic E-state index is 0.110. The fourth-order valence-electron chi connectivity index (χ4n) is 1.38. The van der Waals surface area contributed by atoms with Gasteiger partial charge in [0.15, 0.2) is 0 Å². The van der Waals surface area contributed by atoms with Crippen LogP contribution in [0.5, 0.6) is 0 Å². The number of aliphatic hydroxyl groups is 1. The Morgan fingerprint density at radius 3 is 1.70 bits per heavy atom. The number of carbonyl (C=O) groups is 2. The minimum Gasteiger partial charge on any atom is -0.550 e. The summed E-state index contributed by atoms with van der Waals surface area (Å²) >= 11 is 0. The zero-order chi connectivity index (χ0) is 16.0. The zero-order valence-corrected chi connectivity index (χ0v) is 12.9. The van der Waals surface area contributed by atoms with E-state index in [1.54, 1.807) is 0 Å². The van der Waals surface area contributed by atoms with Crippen LogP contribution in [0.2, 0.25) is 0 Å². The molecule has 0 amide bonds. The summed E-state index contributed by atoms with van der Waals surface area (Å²) in [7, 11) is 6.16. The quantitative estimate of drug-likeness (QED) is 0.444. The van der Waals surface area contributed by atoms with E-state index in [0.717, 1.165) is 30.3 Å². The van der Waals surface area contributed by atoms with Crippen molar-refractivity contribution in [1.29, 1.82) is 0 Å². The molecule has 0 aliphatic rings. The number of quaternary nitrogens is 1. The predicted molar refractivity (Wildman–Crippen MR) is 74.9 cm³/mol. The molecule has 0 heterocycles. The van der Waals surface area contributed by atoms with Crippen LogP contribution >= 0.6 is 0 Å². The Labute approximate surface area is 121 Å². The van der Waals surface area contributed by atoms with E-state index in [1.807, 2.05) is 0 Å². The summed E-state index contributed by atoms with van der Waals surface area (Å²) in [5.74, 6) is -1.78. The van der Waals surface area contributed by atoms with Crippen LogP contribution in [-0.2, 0) is 9.59 Å². The first-order valence-electron chi connectivity index (χ1n) is 7.02. The third-order valence-corrected chi connectivity index (χ3v) is 2.54. The van der Waals surface area contributed by atoms with Crippen molar-refractivity contribution >= 4 is 11.9 Å². The van der Waals surface area contributed by atoms with E-state index in [-0.39, 0.29) is 19.4 Å². The molecule has 0 aromatic heterocycles. The van der Waals surface area contributed by atoms with Gasteiger partial charge in [0.25, 0.3) is 0 Å². The van der Waals surface area contributed by atoms with Gasteiger partial charge in [0.05, 0.1) is 27.7 Å². The summed E-state index contributed by atoms with van der Waals surface area (Å²) in [6, 6.07) is 0. The van der Waals surface area contributed by atoms with Gasteiger partial charge in [0.2, 0.25) is 0 Å². The molecule has 20 heavy (non-hydrogen) atoms. The van der Waals surface area contributed by atoms with Gasteiger partial charge < -0.3 is 24.6 Å². The van der Waals surface area contributed by atoms with Gasteiger partial charge in [0.1, 0.15) is 6.54 Å². The van der Waals surface area contributed by atoms with Gasteiger partial charge in [-0.1, -0.05) is 19.3 Å². The molecule has 6 heteroatoms. The average Bonchev–Trinajstić information content (AvgIpc) is 2.26. The number of hydrogen-bond donors (Lipinski definition) is 2. The molecule has 0 aromatic rings. The third kappa shape index (κ3) is 25.6. The van der Waals surface area contributed by atoms with Gasteiger partial charge >= 0.3 is 5.97 Å². The van der Waals surface area contributed by atoms with Gasteiger partial charge in [-0.3, -0.25) is 4.79 Å². The molecule has 0 aliphatic heterocycles. The SMILES string of the molecule is C[N+](C)(C)CCO.O=C([O-])CCCCCCCC(=O)O. The Bertz CT molecular complexity index is 243. The summed E-state index contributed by atoms with van der Waals surface area (Å²) in [5.41, 5.74) is 0. The Kier molecular flexibility index (Phi) is 13.6. The van der Waals surface area contributed by atoms with Crippen molar-refractivity contribution in [3.8, 4) is 0 Å². The molecular formula is C14H29NO5. The average molecular weight is 291 g/mol. The highest BCUT2D eigenvalue weighted by Crippen LogP contribution is 2.06. The Morgan fingerprint density at radius 1 is 0.950 bits per heavy atom. The number of rotatable bonds is 10. The summed E-state index contributed by atoms with van der Waals surface area (Å²) in [5, 5.41) is 26.7. The van der Waals surface area contributed by atoms with Crippen molar-refractivity contribution in [1.82, 2.24) is 0 Å². The summed E-state index contributed by atoms with van der Waals surface area (Å²) < 4.78 is 0.844. The van der Waals surface area contributed by atoms with E-state index in [2.05, 4.69) is 21.1 Å². The molecule has 0 aliphatic carbocycles. The monoisotopic (exact) mass is 291 g/mol. The van der Waals surface area contributed by atoms with Crippen molar-refractivity contribution in [2.45, 2.75) is 44.9 Å². The lowest BCUT2D eigenvalue weighted by Gasteiger charge is -2.21. The second-order valence-corrected chi connectivity index (χ2v) is 5.77. The lowest BCUT2D eigenvalue weighted by molar-refractivity contribution is -0.870. The van der Waals surface area contributed by atoms with Gasteiger partial charge in [-0.15, -0.1) is 0 Å². The molecule has 0 rings (SSSR count). The summed E-state index contributed by atoms with van der Waals surface area (Å²) in [6.07, 6.45) is 4.24. The fraction of sp³-hybridized carbons (Fsp3) is 0.857.